The highest BCUT2D eigenvalue weighted by Gasteiger charge is 2.14. The molecule has 0 saturated heterocycles. The highest BCUT2D eigenvalue weighted by molar-refractivity contribution is 7.26. The van der Waals surface area contributed by atoms with Crippen LogP contribution in [0.2, 0.25) is 0 Å². The van der Waals surface area contributed by atoms with Crippen molar-refractivity contribution in [3.8, 4) is 9.88 Å². The van der Waals surface area contributed by atoms with E-state index in [1.54, 1.807) is 30.3 Å². The lowest BCUT2D eigenvalue weighted by atomic mass is 10.3. The van der Waals surface area contributed by atoms with E-state index in [0.717, 1.165) is 20.3 Å². The molecule has 1 aromatic carbocycles. The number of rotatable bonds is 2. The number of carbonyl (C=O) groups excluding carboxylic acids is 1. The van der Waals surface area contributed by atoms with Crippen LogP contribution in [0.3, 0.4) is 0 Å². The number of amides is 1. The Labute approximate surface area is 119 Å². The molecule has 0 spiro atoms. The normalized spacial score (nSPS) is 10.8. The molecular formula is C14H12N2OS2. The number of hydrogen-bond donors (Lipinski definition) is 0. The predicted octanol–water partition coefficient (Wildman–Crippen LogP) is 3.73. The molecule has 19 heavy (non-hydrogen) atoms. The Kier molecular flexibility index (Phi) is 3.08. The van der Waals surface area contributed by atoms with E-state index in [2.05, 4.69) is 11.1 Å². The zero-order chi connectivity index (χ0) is 13.4. The fourth-order valence-electron chi connectivity index (χ4n) is 1.77. The van der Waals surface area contributed by atoms with E-state index in [0.29, 0.717) is 0 Å². The average molecular weight is 288 g/mol. The molecular weight excluding hydrogens is 276 g/mol. The van der Waals surface area contributed by atoms with Crippen molar-refractivity contribution in [1.29, 1.82) is 0 Å². The Morgan fingerprint density at radius 3 is 2.63 bits per heavy atom. The van der Waals surface area contributed by atoms with Gasteiger partial charge in [0.1, 0.15) is 5.01 Å². The van der Waals surface area contributed by atoms with Gasteiger partial charge in [0.05, 0.1) is 20.0 Å². The maximum Gasteiger partial charge on any atom is 0.263 e. The molecule has 5 heteroatoms. The second-order valence-electron chi connectivity index (χ2n) is 4.35. The van der Waals surface area contributed by atoms with Crippen LogP contribution in [0.5, 0.6) is 0 Å². The molecule has 0 N–H and O–H groups in total. The number of aromatic nitrogens is 1. The van der Waals surface area contributed by atoms with Crippen molar-refractivity contribution < 1.29 is 4.79 Å². The lowest BCUT2D eigenvalue weighted by Crippen LogP contribution is -2.20. The number of para-hydroxylation sites is 1. The van der Waals surface area contributed by atoms with Gasteiger partial charge in [-0.2, -0.15) is 0 Å². The first-order chi connectivity index (χ1) is 9.15. The fourth-order valence-corrected chi connectivity index (χ4v) is 3.81. The van der Waals surface area contributed by atoms with Gasteiger partial charge < -0.3 is 4.90 Å². The van der Waals surface area contributed by atoms with Crippen LogP contribution >= 0.6 is 22.7 Å². The predicted molar refractivity (Wildman–Crippen MR) is 81.0 cm³/mol. The minimum absolute atomic E-state index is 0.0392. The van der Waals surface area contributed by atoms with Crippen molar-refractivity contribution in [3.63, 3.8) is 0 Å². The number of thiophene rings is 1. The van der Waals surface area contributed by atoms with Gasteiger partial charge in [-0.3, -0.25) is 4.79 Å². The highest BCUT2D eigenvalue weighted by Crippen LogP contribution is 2.34. The average Bonchev–Trinajstić information content (AvgIpc) is 3.03. The minimum atomic E-state index is 0.0392. The third-order valence-corrected chi connectivity index (χ3v) is 5.01. The first-order valence-electron chi connectivity index (χ1n) is 5.82. The summed E-state index contributed by atoms with van der Waals surface area (Å²) in [5, 5.41) is 0.976. The van der Waals surface area contributed by atoms with Crippen molar-refractivity contribution >= 4 is 38.8 Å². The molecule has 1 amide bonds. The molecule has 0 radical (unpaired) electrons. The zero-order valence-corrected chi connectivity index (χ0v) is 12.2. The van der Waals surface area contributed by atoms with Crippen molar-refractivity contribution in [2.45, 2.75) is 0 Å². The smallest absolute Gasteiger partial charge is 0.263 e. The van der Waals surface area contributed by atoms with Crippen molar-refractivity contribution in [1.82, 2.24) is 9.88 Å². The van der Waals surface area contributed by atoms with E-state index in [1.165, 1.54) is 16.0 Å². The summed E-state index contributed by atoms with van der Waals surface area (Å²) in [7, 11) is 3.53. The second-order valence-corrected chi connectivity index (χ2v) is 6.46. The van der Waals surface area contributed by atoms with E-state index < -0.39 is 0 Å². The summed E-state index contributed by atoms with van der Waals surface area (Å²) in [5.74, 6) is 0.0392. The lowest BCUT2D eigenvalue weighted by molar-refractivity contribution is 0.0832. The molecule has 0 saturated carbocycles. The van der Waals surface area contributed by atoms with Gasteiger partial charge in [-0.1, -0.05) is 12.1 Å². The first-order valence-corrected chi connectivity index (χ1v) is 7.46. The number of thiazole rings is 1. The van der Waals surface area contributed by atoms with Crippen LogP contribution < -0.4 is 0 Å². The van der Waals surface area contributed by atoms with Crippen LogP contribution in [-0.4, -0.2) is 29.9 Å². The molecule has 3 rings (SSSR count). The van der Waals surface area contributed by atoms with Crippen molar-refractivity contribution in [2.75, 3.05) is 14.1 Å². The Hall–Kier alpha value is -1.72. The van der Waals surface area contributed by atoms with Gasteiger partial charge in [0.2, 0.25) is 0 Å². The van der Waals surface area contributed by atoms with E-state index >= 15 is 0 Å². The standard InChI is InChI=1S/C14H12N2OS2/c1-16(2)14(17)12-8-7-11(18-12)13-15-9-5-3-4-6-10(9)19-13/h3-8H,1-2H3. The Morgan fingerprint density at radius 2 is 1.89 bits per heavy atom. The van der Waals surface area contributed by atoms with Gasteiger partial charge >= 0.3 is 0 Å². The quantitative estimate of drug-likeness (QED) is 0.720. The van der Waals surface area contributed by atoms with E-state index in [4.69, 9.17) is 0 Å². The minimum Gasteiger partial charge on any atom is -0.344 e. The Bertz CT molecular complexity index is 710. The maximum atomic E-state index is 11.9. The maximum absolute atomic E-state index is 11.9. The molecule has 2 heterocycles. The van der Waals surface area contributed by atoms with Crippen LogP contribution in [0, 0.1) is 0 Å². The Balaban J connectivity index is 2.00. The number of carbonyl (C=O) groups is 1. The molecule has 3 aromatic rings. The molecule has 0 aliphatic heterocycles. The third-order valence-electron chi connectivity index (χ3n) is 2.73. The monoisotopic (exact) mass is 288 g/mol. The molecule has 0 aliphatic rings. The molecule has 0 unspecified atom stereocenters. The molecule has 96 valence electrons. The van der Waals surface area contributed by atoms with Crippen LogP contribution in [0.1, 0.15) is 9.67 Å². The van der Waals surface area contributed by atoms with Gasteiger partial charge in [0.25, 0.3) is 5.91 Å². The fraction of sp³-hybridized carbons (Fsp3) is 0.143. The van der Waals surface area contributed by atoms with Crippen LogP contribution in [-0.2, 0) is 0 Å². The van der Waals surface area contributed by atoms with Gasteiger partial charge in [-0.25, -0.2) is 4.98 Å². The Morgan fingerprint density at radius 1 is 1.11 bits per heavy atom. The zero-order valence-electron chi connectivity index (χ0n) is 10.6. The molecule has 2 aromatic heterocycles. The van der Waals surface area contributed by atoms with Crippen LogP contribution in [0.15, 0.2) is 36.4 Å². The summed E-state index contributed by atoms with van der Waals surface area (Å²) in [6.07, 6.45) is 0. The number of nitrogens with zero attached hydrogens (tertiary/aromatic N) is 2. The van der Waals surface area contributed by atoms with E-state index in [-0.39, 0.29) is 5.91 Å². The number of hydrogen-bond acceptors (Lipinski definition) is 4. The SMILES string of the molecule is CN(C)C(=O)c1ccc(-c2nc3ccccc3s2)s1. The van der Waals surface area contributed by atoms with Gasteiger partial charge in [0, 0.05) is 14.1 Å². The number of fused-ring (bicyclic) bond motifs is 1. The van der Waals surface area contributed by atoms with Crippen molar-refractivity contribution in [2.24, 2.45) is 0 Å². The molecule has 0 fully saturated rings. The van der Waals surface area contributed by atoms with Gasteiger partial charge in [-0.05, 0) is 24.3 Å². The molecule has 0 atom stereocenters. The number of benzene rings is 1. The lowest BCUT2D eigenvalue weighted by Gasteiger charge is -2.06. The highest BCUT2D eigenvalue weighted by atomic mass is 32.1. The third kappa shape index (κ3) is 2.27. The summed E-state index contributed by atoms with van der Waals surface area (Å²) in [5.41, 5.74) is 1.01. The summed E-state index contributed by atoms with van der Waals surface area (Å²) < 4.78 is 1.17. The summed E-state index contributed by atoms with van der Waals surface area (Å²) in [6, 6.07) is 11.9. The van der Waals surface area contributed by atoms with Crippen molar-refractivity contribution in [3.05, 3.63) is 41.3 Å². The van der Waals surface area contributed by atoms with Crippen LogP contribution in [0.4, 0.5) is 0 Å². The van der Waals surface area contributed by atoms with Gasteiger partial charge in [-0.15, -0.1) is 22.7 Å². The molecule has 3 nitrogen and oxygen atoms in total. The van der Waals surface area contributed by atoms with E-state index in [9.17, 15) is 4.79 Å². The largest absolute Gasteiger partial charge is 0.344 e. The summed E-state index contributed by atoms with van der Waals surface area (Å²) in [4.78, 5) is 19.9. The van der Waals surface area contributed by atoms with Crippen LogP contribution in [0.25, 0.3) is 20.1 Å². The van der Waals surface area contributed by atoms with Gasteiger partial charge in [0.15, 0.2) is 0 Å². The molecule has 0 bridgehead atoms. The topological polar surface area (TPSA) is 33.2 Å². The van der Waals surface area contributed by atoms with E-state index in [1.807, 2.05) is 30.3 Å². The first kappa shape index (κ1) is 12.3. The molecule has 0 aliphatic carbocycles. The summed E-state index contributed by atoms with van der Waals surface area (Å²) >= 11 is 3.15. The summed E-state index contributed by atoms with van der Waals surface area (Å²) in [6.45, 7) is 0. The second kappa shape index (κ2) is 4.75.